The average molecular weight is 386 g/mol. The molecule has 0 atom stereocenters. The fraction of sp³-hybridized carbons (Fsp3) is 0.188. The van der Waals surface area contributed by atoms with E-state index < -0.39 is 23.1 Å². The lowest BCUT2D eigenvalue weighted by Gasteiger charge is -2.09. The van der Waals surface area contributed by atoms with Gasteiger partial charge in [0, 0.05) is 11.9 Å². The lowest BCUT2D eigenvalue weighted by atomic mass is 10.2. The Hall–Kier alpha value is -2.75. The standard InChI is InChI=1S/C16H13F3N2O4S/c1-24-14(22)10-2-4-12(5-3-10)25-9-26-15(23)21-11-6-7-20-13(8-11)16(17,18)19/h2-8H,9H2,1H3,(H,20,21,23). The summed E-state index contributed by atoms with van der Waals surface area (Å²) in [7, 11) is 1.27. The van der Waals surface area contributed by atoms with Gasteiger partial charge in [0.25, 0.3) is 5.24 Å². The maximum absolute atomic E-state index is 12.6. The van der Waals surface area contributed by atoms with Crippen LogP contribution >= 0.6 is 11.8 Å². The van der Waals surface area contributed by atoms with Gasteiger partial charge in [-0.2, -0.15) is 13.2 Å². The van der Waals surface area contributed by atoms with Crippen molar-refractivity contribution in [1.82, 2.24) is 4.98 Å². The topological polar surface area (TPSA) is 77.5 Å². The third-order valence-electron chi connectivity index (χ3n) is 2.99. The Morgan fingerprint density at radius 3 is 2.50 bits per heavy atom. The van der Waals surface area contributed by atoms with Crippen LogP contribution in [0.3, 0.4) is 0 Å². The zero-order chi connectivity index (χ0) is 19.2. The number of carbonyl (C=O) groups excluding carboxylic acids is 2. The van der Waals surface area contributed by atoms with Gasteiger partial charge < -0.3 is 14.8 Å². The van der Waals surface area contributed by atoms with Crippen molar-refractivity contribution in [3.8, 4) is 5.75 Å². The summed E-state index contributed by atoms with van der Waals surface area (Å²) in [6.07, 6.45) is -3.63. The maximum Gasteiger partial charge on any atom is 0.433 e. The molecule has 1 heterocycles. The Labute approximate surface area is 150 Å². The fourth-order valence-electron chi connectivity index (χ4n) is 1.77. The van der Waals surface area contributed by atoms with Crippen LogP contribution in [-0.4, -0.2) is 29.2 Å². The van der Waals surface area contributed by atoms with Crippen LogP contribution in [0.15, 0.2) is 42.6 Å². The molecule has 0 bridgehead atoms. The third-order valence-corrected chi connectivity index (χ3v) is 3.59. The van der Waals surface area contributed by atoms with E-state index in [9.17, 15) is 22.8 Å². The number of esters is 1. The van der Waals surface area contributed by atoms with Gasteiger partial charge in [0.2, 0.25) is 0 Å². The van der Waals surface area contributed by atoms with Gasteiger partial charge in [-0.1, -0.05) is 0 Å². The number of ether oxygens (including phenoxy) is 2. The Balaban J connectivity index is 1.83. The van der Waals surface area contributed by atoms with E-state index in [0.29, 0.717) is 11.3 Å². The van der Waals surface area contributed by atoms with Gasteiger partial charge in [0.1, 0.15) is 17.4 Å². The minimum absolute atomic E-state index is 0.0211. The SMILES string of the molecule is COC(=O)c1ccc(OCSC(=O)Nc2ccnc(C(F)(F)F)c2)cc1. The molecule has 0 unspecified atom stereocenters. The van der Waals surface area contributed by atoms with E-state index in [-0.39, 0.29) is 11.6 Å². The summed E-state index contributed by atoms with van der Waals surface area (Å²) in [6.45, 7) is 0. The molecule has 1 aromatic heterocycles. The van der Waals surface area contributed by atoms with Gasteiger partial charge in [0.15, 0.2) is 0 Å². The highest BCUT2D eigenvalue weighted by Crippen LogP contribution is 2.29. The van der Waals surface area contributed by atoms with Crippen molar-refractivity contribution in [1.29, 1.82) is 0 Å². The van der Waals surface area contributed by atoms with E-state index in [0.717, 1.165) is 24.0 Å². The lowest BCUT2D eigenvalue weighted by molar-refractivity contribution is -0.141. The second kappa shape index (κ2) is 8.56. The molecule has 1 amide bonds. The number of anilines is 1. The molecule has 0 spiro atoms. The molecule has 1 N–H and O–H groups in total. The Morgan fingerprint density at radius 1 is 1.19 bits per heavy atom. The second-order valence-corrected chi connectivity index (χ2v) is 5.66. The van der Waals surface area contributed by atoms with Crippen molar-refractivity contribution < 1.29 is 32.2 Å². The Kier molecular flexibility index (Phi) is 6.45. The number of halogens is 3. The van der Waals surface area contributed by atoms with Crippen LogP contribution in [0.1, 0.15) is 16.1 Å². The average Bonchev–Trinajstić information content (AvgIpc) is 2.61. The lowest BCUT2D eigenvalue weighted by Crippen LogP contribution is -2.11. The number of hydrogen-bond donors (Lipinski definition) is 1. The summed E-state index contributed by atoms with van der Waals surface area (Å²) in [6, 6.07) is 8.06. The number of nitrogens with one attached hydrogen (secondary N) is 1. The summed E-state index contributed by atoms with van der Waals surface area (Å²) in [4.78, 5) is 26.3. The first-order chi connectivity index (χ1) is 12.3. The highest BCUT2D eigenvalue weighted by atomic mass is 32.2. The quantitative estimate of drug-likeness (QED) is 0.613. The van der Waals surface area contributed by atoms with E-state index in [1.165, 1.54) is 37.4 Å². The molecule has 0 saturated carbocycles. The van der Waals surface area contributed by atoms with Crippen molar-refractivity contribution in [2.45, 2.75) is 6.18 Å². The summed E-state index contributed by atoms with van der Waals surface area (Å²) in [5.41, 5.74) is -0.766. The molecule has 10 heteroatoms. The highest BCUT2D eigenvalue weighted by Gasteiger charge is 2.32. The molecule has 0 radical (unpaired) electrons. The molecule has 2 aromatic rings. The normalized spacial score (nSPS) is 10.9. The predicted octanol–water partition coefficient (Wildman–Crippen LogP) is 4.19. The molecule has 0 aliphatic carbocycles. The first-order valence-corrected chi connectivity index (χ1v) is 8.06. The maximum atomic E-state index is 12.6. The first-order valence-electron chi connectivity index (χ1n) is 7.08. The van der Waals surface area contributed by atoms with Gasteiger partial charge >= 0.3 is 12.1 Å². The molecule has 1 aromatic carbocycles. The molecule has 0 aliphatic rings. The number of amides is 1. The van der Waals surface area contributed by atoms with Crippen molar-refractivity contribution in [2.75, 3.05) is 18.4 Å². The van der Waals surface area contributed by atoms with E-state index in [1.807, 2.05) is 0 Å². The van der Waals surface area contributed by atoms with Crippen LogP contribution in [0.4, 0.5) is 23.7 Å². The number of carbonyl (C=O) groups is 2. The number of thioether (sulfide) groups is 1. The van der Waals surface area contributed by atoms with Gasteiger partial charge in [-0.25, -0.2) is 4.79 Å². The van der Waals surface area contributed by atoms with E-state index in [4.69, 9.17) is 4.74 Å². The predicted molar refractivity (Wildman–Crippen MR) is 89.1 cm³/mol. The Bertz CT molecular complexity index is 782. The minimum Gasteiger partial charge on any atom is -0.482 e. The van der Waals surface area contributed by atoms with E-state index in [1.54, 1.807) is 0 Å². The number of benzene rings is 1. The van der Waals surface area contributed by atoms with Gasteiger partial charge in [-0.3, -0.25) is 9.78 Å². The zero-order valence-electron chi connectivity index (χ0n) is 13.4. The van der Waals surface area contributed by atoms with Crippen LogP contribution in [-0.2, 0) is 10.9 Å². The molecule has 2 rings (SSSR count). The molecule has 0 saturated heterocycles. The van der Waals surface area contributed by atoms with Crippen LogP contribution in [0, 0.1) is 0 Å². The van der Waals surface area contributed by atoms with Crippen molar-refractivity contribution in [3.63, 3.8) is 0 Å². The number of alkyl halides is 3. The molecule has 138 valence electrons. The van der Waals surface area contributed by atoms with Crippen LogP contribution in [0.25, 0.3) is 0 Å². The number of hydrogen-bond acceptors (Lipinski definition) is 6. The highest BCUT2D eigenvalue weighted by molar-refractivity contribution is 8.13. The van der Waals surface area contributed by atoms with Gasteiger partial charge in [0.05, 0.1) is 12.7 Å². The summed E-state index contributed by atoms with van der Waals surface area (Å²) in [5.74, 6) is -0.136. The minimum atomic E-state index is -4.59. The molecule has 26 heavy (non-hydrogen) atoms. The molecule has 0 fully saturated rings. The van der Waals surface area contributed by atoms with Crippen molar-refractivity contribution in [2.24, 2.45) is 0 Å². The van der Waals surface area contributed by atoms with Crippen LogP contribution in [0.2, 0.25) is 0 Å². The second-order valence-electron chi connectivity index (χ2n) is 4.76. The molecule has 6 nitrogen and oxygen atoms in total. The fourth-order valence-corrected chi connectivity index (χ4v) is 2.27. The number of aromatic nitrogens is 1. The van der Waals surface area contributed by atoms with E-state index >= 15 is 0 Å². The molecule has 0 aliphatic heterocycles. The van der Waals surface area contributed by atoms with Crippen LogP contribution < -0.4 is 10.1 Å². The number of rotatable bonds is 5. The van der Waals surface area contributed by atoms with Crippen LogP contribution in [0.5, 0.6) is 5.75 Å². The third kappa shape index (κ3) is 5.66. The largest absolute Gasteiger partial charge is 0.482 e. The van der Waals surface area contributed by atoms with Crippen molar-refractivity contribution >= 4 is 28.7 Å². The Morgan fingerprint density at radius 2 is 1.88 bits per heavy atom. The number of pyridine rings is 1. The van der Waals surface area contributed by atoms with Gasteiger partial charge in [-0.05, 0) is 48.2 Å². The van der Waals surface area contributed by atoms with Gasteiger partial charge in [-0.15, -0.1) is 0 Å². The number of methoxy groups -OCH3 is 1. The zero-order valence-corrected chi connectivity index (χ0v) is 14.2. The first kappa shape index (κ1) is 19.6. The summed E-state index contributed by atoms with van der Waals surface area (Å²) >= 11 is 0.729. The van der Waals surface area contributed by atoms with Crippen molar-refractivity contribution in [3.05, 3.63) is 53.9 Å². The molecular formula is C16H13F3N2O4S. The van der Waals surface area contributed by atoms with E-state index in [2.05, 4.69) is 15.0 Å². The molecular weight excluding hydrogens is 373 g/mol. The summed E-state index contributed by atoms with van der Waals surface area (Å²) in [5, 5.41) is 1.73. The monoisotopic (exact) mass is 386 g/mol. The summed E-state index contributed by atoms with van der Waals surface area (Å²) < 4.78 is 47.6. The number of nitrogens with zero attached hydrogens (tertiary/aromatic N) is 1. The smallest absolute Gasteiger partial charge is 0.433 e.